The van der Waals surface area contributed by atoms with Gasteiger partial charge in [-0.05, 0) is 81.3 Å². The number of amides is 1. The molecule has 6 fully saturated rings. The van der Waals surface area contributed by atoms with Crippen LogP contribution in [0.1, 0.15) is 76.4 Å². The minimum absolute atomic E-state index is 0.00931. The van der Waals surface area contributed by atoms with Gasteiger partial charge in [0, 0.05) is 36.6 Å². The molecule has 4 bridgehead atoms. The van der Waals surface area contributed by atoms with Gasteiger partial charge in [-0.25, -0.2) is 4.39 Å². The van der Waals surface area contributed by atoms with Crippen LogP contribution < -0.4 is 9.64 Å². The van der Waals surface area contributed by atoms with E-state index in [1.165, 1.54) is 0 Å². The van der Waals surface area contributed by atoms with Gasteiger partial charge in [0.15, 0.2) is 5.82 Å². The van der Waals surface area contributed by atoms with Gasteiger partial charge >= 0.3 is 5.92 Å². The summed E-state index contributed by atoms with van der Waals surface area (Å²) in [6, 6.07) is 7.52. The van der Waals surface area contributed by atoms with Crippen molar-refractivity contribution in [3.05, 3.63) is 36.0 Å². The molecule has 36 heavy (non-hydrogen) atoms. The van der Waals surface area contributed by atoms with E-state index < -0.39 is 17.5 Å². The van der Waals surface area contributed by atoms with E-state index in [9.17, 15) is 18.0 Å². The Hall–Kier alpha value is -2.58. The molecule has 0 saturated heterocycles. The number of hydrogen-bond donors (Lipinski definition) is 0. The van der Waals surface area contributed by atoms with Crippen LogP contribution >= 0.6 is 0 Å². The van der Waals surface area contributed by atoms with Gasteiger partial charge in [-0.2, -0.15) is 13.8 Å². The zero-order valence-electron chi connectivity index (χ0n) is 20.7. The molecule has 1 atom stereocenters. The molecule has 0 unspecified atom stereocenters. The number of rotatable bonds is 7. The van der Waals surface area contributed by atoms with Crippen molar-refractivity contribution in [2.75, 3.05) is 18.6 Å². The number of aromatic nitrogens is 2. The SMILES string of the molecule is COc1cccc(N(CC23CCC(c4noc(C(C)(F)F)n4)(CC2)CC3)C(=O)[C@H]2CC3(F)CC2C3)c1. The van der Waals surface area contributed by atoms with Gasteiger partial charge in [0.1, 0.15) is 11.4 Å². The molecular weight excluding hydrogens is 471 g/mol. The number of methoxy groups -OCH3 is 1. The molecule has 194 valence electrons. The van der Waals surface area contributed by atoms with E-state index in [0.717, 1.165) is 51.1 Å². The summed E-state index contributed by atoms with van der Waals surface area (Å²) < 4.78 is 52.4. The topological polar surface area (TPSA) is 68.5 Å². The summed E-state index contributed by atoms with van der Waals surface area (Å²) in [6.45, 7) is 1.32. The first kappa shape index (κ1) is 23.8. The average molecular weight is 504 g/mol. The molecule has 2 aromatic rings. The predicted molar refractivity (Wildman–Crippen MR) is 126 cm³/mol. The fourth-order valence-corrected chi connectivity index (χ4v) is 7.24. The molecule has 1 amide bonds. The molecule has 0 aliphatic heterocycles. The number of carbonyl (C=O) groups is 1. The second-order valence-electron chi connectivity index (χ2n) is 11.8. The third kappa shape index (κ3) is 3.80. The summed E-state index contributed by atoms with van der Waals surface area (Å²) in [5.41, 5.74) is -0.831. The van der Waals surface area contributed by atoms with E-state index in [2.05, 4.69) is 10.1 Å². The first-order chi connectivity index (χ1) is 17.0. The van der Waals surface area contributed by atoms with Crippen molar-refractivity contribution in [2.24, 2.45) is 17.3 Å². The number of carbonyl (C=O) groups excluding carboxylic acids is 1. The summed E-state index contributed by atoms with van der Waals surface area (Å²) in [5, 5.41) is 3.94. The lowest BCUT2D eigenvalue weighted by Crippen LogP contribution is -2.52. The second-order valence-corrected chi connectivity index (χ2v) is 11.8. The Morgan fingerprint density at radius 3 is 2.42 bits per heavy atom. The zero-order valence-corrected chi connectivity index (χ0v) is 20.7. The molecule has 9 heteroatoms. The van der Waals surface area contributed by atoms with Gasteiger partial charge in [-0.15, -0.1) is 0 Å². The van der Waals surface area contributed by atoms with Gasteiger partial charge < -0.3 is 14.2 Å². The van der Waals surface area contributed by atoms with Crippen LogP contribution in [-0.4, -0.2) is 35.4 Å². The summed E-state index contributed by atoms with van der Waals surface area (Å²) in [4.78, 5) is 19.8. The third-order valence-electron chi connectivity index (χ3n) is 9.53. The maximum Gasteiger partial charge on any atom is 0.322 e. The van der Waals surface area contributed by atoms with Crippen LogP contribution in [0.5, 0.6) is 5.75 Å². The van der Waals surface area contributed by atoms with Crippen LogP contribution in [0.15, 0.2) is 28.8 Å². The summed E-state index contributed by atoms with van der Waals surface area (Å²) >= 11 is 0. The highest BCUT2D eigenvalue weighted by Gasteiger charge is 2.60. The van der Waals surface area contributed by atoms with Crippen LogP contribution in [0, 0.1) is 17.3 Å². The lowest BCUT2D eigenvalue weighted by molar-refractivity contribution is -0.123. The van der Waals surface area contributed by atoms with Crippen molar-refractivity contribution in [2.45, 2.75) is 81.7 Å². The van der Waals surface area contributed by atoms with Crippen LogP contribution in [0.25, 0.3) is 0 Å². The molecule has 8 rings (SSSR count). The Balaban J connectivity index is 1.24. The molecule has 0 radical (unpaired) electrons. The molecule has 1 aromatic heterocycles. The molecular formula is C27H32F3N3O3. The minimum atomic E-state index is -3.16. The maximum atomic E-state index is 14.7. The van der Waals surface area contributed by atoms with Crippen LogP contribution in [0.4, 0.5) is 18.9 Å². The number of halogens is 3. The lowest BCUT2D eigenvalue weighted by atomic mass is 9.53. The fourth-order valence-electron chi connectivity index (χ4n) is 7.24. The molecule has 6 aliphatic carbocycles. The van der Waals surface area contributed by atoms with Gasteiger partial charge in [0.25, 0.3) is 5.89 Å². The first-order valence-corrected chi connectivity index (χ1v) is 12.9. The summed E-state index contributed by atoms with van der Waals surface area (Å²) in [7, 11) is 1.60. The van der Waals surface area contributed by atoms with Crippen LogP contribution in [-0.2, 0) is 16.1 Å². The Kier molecular flexibility index (Phi) is 5.26. The van der Waals surface area contributed by atoms with Crippen molar-refractivity contribution < 1.29 is 27.2 Å². The van der Waals surface area contributed by atoms with Crippen LogP contribution in [0.2, 0.25) is 0 Å². The third-order valence-corrected chi connectivity index (χ3v) is 9.53. The number of fused-ring (bicyclic) bond motifs is 4. The number of hydrogen-bond acceptors (Lipinski definition) is 5. The second kappa shape index (κ2) is 7.96. The van der Waals surface area contributed by atoms with Gasteiger partial charge in [-0.1, -0.05) is 11.2 Å². The maximum absolute atomic E-state index is 14.7. The monoisotopic (exact) mass is 503 g/mol. The van der Waals surface area contributed by atoms with Crippen molar-refractivity contribution in [3.63, 3.8) is 0 Å². The van der Waals surface area contributed by atoms with Crippen molar-refractivity contribution in [1.82, 2.24) is 10.1 Å². The molecule has 0 N–H and O–H groups in total. The Morgan fingerprint density at radius 2 is 1.86 bits per heavy atom. The van der Waals surface area contributed by atoms with E-state index in [4.69, 9.17) is 9.26 Å². The van der Waals surface area contributed by atoms with Gasteiger partial charge in [0.2, 0.25) is 5.91 Å². The first-order valence-electron chi connectivity index (χ1n) is 12.9. The average Bonchev–Trinajstić information content (AvgIpc) is 3.57. The number of anilines is 1. The van der Waals surface area contributed by atoms with Gasteiger partial charge in [0.05, 0.1) is 7.11 Å². The Bertz CT molecular complexity index is 1150. The van der Waals surface area contributed by atoms with Crippen molar-refractivity contribution in [3.8, 4) is 5.75 Å². The largest absolute Gasteiger partial charge is 0.497 e. The van der Waals surface area contributed by atoms with E-state index >= 15 is 0 Å². The summed E-state index contributed by atoms with van der Waals surface area (Å²) in [6.07, 6.45) is 6.12. The molecule has 1 aromatic carbocycles. The van der Waals surface area contributed by atoms with Crippen molar-refractivity contribution >= 4 is 11.6 Å². The van der Waals surface area contributed by atoms with E-state index in [1.807, 2.05) is 29.2 Å². The number of nitrogens with zero attached hydrogens (tertiary/aromatic N) is 3. The molecule has 6 saturated carbocycles. The van der Waals surface area contributed by atoms with E-state index in [0.29, 0.717) is 37.4 Å². The van der Waals surface area contributed by atoms with E-state index in [1.54, 1.807) is 7.11 Å². The number of alkyl halides is 3. The number of benzene rings is 1. The zero-order chi connectivity index (χ0) is 25.3. The fraction of sp³-hybridized carbons (Fsp3) is 0.667. The number of ether oxygens (including phenoxy) is 1. The quantitative estimate of drug-likeness (QED) is 0.467. The highest BCUT2D eigenvalue weighted by molar-refractivity contribution is 5.96. The molecule has 1 heterocycles. The predicted octanol–water partition coefficient (Wildman–Crippen LogP) is 5.95. The Morgan fingerprint density at radius 1 is 1.17 bits per heavy atom. The van der Waals surface area contributed by atoms with Crippen LogP contribution in [0.3, 0.4) is 0 Å². The molecule has 6 nitrogen and oxygen atoms in total. The van der Waals surface area contributed by atoms with Gasteiger partial charge in [-0.3, -0.25) is 4.79 Å². The Labute approximate surface area is 208 Å². The normalized spacial score (nSPS) is 34.9. The van der Waals surface area contributed by atoms with Crippen molar-refractivity contribution in [1.29, 1.82) is 0 Å². The highest BCUT2D eigenvalue weighted by atomic mass is 19.3. The lowest BCUT2D eigenvalue weighted by Gasteiger charge is -2.53. The highest BCUT2D eigenvalue weighted by Crippen LogP contribution is 2.60. The standard InChI is InChI=1S/C27H32F3N3O3/c1-24(28,29)23-31-22(32-36-23)26-9-6-25(7-10-26,8-11-26)16-33(18-4-3-5-19(12-18)35-2)21(34)20-15-27(30)13-17(20)14-27/h3-5,12,17,20H,6-11,13-16H2,1-2H3/t17?,20-,25?,26?,27?/m0/s1. The summed E-state index contributed by atoms with van der Waals surface area (Å²) in [5.74, 6) is -2.88. The smallest absolute Gasteiger partial charge is 0.322 e. The van der Waals surface area contributed by atoms with E-state index in [-0.39, 0.29) is 28.6 Å². The minimum Gasteiger partial charge on any atom is -0.497 e. The molecule has 6 aliphatic rings. The molecule has 0 spiro atoms.